The maximum absolute atomic E-state index is 13.0. The van der Waals surface area contributed by atoms with E-state index in [4.69, 9.17) is 9.47 Å². The zero-order valence-electron chi connectivity index (χ0n) is 18.5. The zero-order valence-corrected chi connectivity index (χ0v) is 18.5. The normalized spacial score (nSPS) is 29.6. The van der Waals surface area contributed by atoms with Gasteiger partial charge >= 0.3 is 0 Å². The fourth-order valence-electron chi connectivity index (χ4n) is 5.47. The summed E-state index contributed by atoms with van der Waals surface area (Å²) in [5.41, 5.74) is 1.21. The van der Waals surface area contributed by atoms with Crippen molar-refractivity contribution in [3.05, 3.63) is 29.8 Å². The molecule has 1 N–H and O–H groups in total. The van der Waals surface area contributed by atoms with E-state index in [1.54, 1.807) is 0 Å². The van der Waals surface area contributed by atoms with Gasteiger partial charge < -0.3 is 19.7 Å². The number of fused-ring (bicyclic) bond motifs is 1. The number of hydrogen-bond donors (Lipinski definition) is 1. The fourth-order valence-corrected chi connectivity index (χ4v) is 5.47. The minimum Gasteiger partial charge on any atom is -0.480 e. The summed E-state index contributed by atoms with van der Waals surface area (Å²) < 4.78 is 11.7. The van der Waals surface area contributed by atoms with E-state index in [9.17, 15) is 4.79 Å². The molecule has 2 aliphatic heterocycles. The van der Waals surface area contributed by atoms with Crippen LogP contribution < -0.4 is 10.1 Å². The largest absolute Gasteiger partial charge is 0.480 e. The first-order valence-corrected chi connectivity index (χ1v) is 12.1. The highest BCUT2D eigenvalue weighted by atomic mass is 16.5. The first-order valence-electron chi connectivity index (χ1n) is 12.1. The number of likely N-dealkylation sites (tertiary alicyclic amines) is 1. The average Bonchev–Trinajstić information content (AvgIpc) is 2.79. The number of aryl methyl sites for hydroxylation is 1. The summed E-state index contributed by atoms with van der Waals surface area (Å²) in [6.07, 6.45) is 8.67. The van der Waals surface area contributed by atoms with Gasteiger partial charge in [-0.2, -0.15) is 0 Å². The highest BCUT2D eigenvalue weighted by Crippen LogP contribution is 2.30. The van der Waals surface area contributed by atoms with Crippen LogP contribution in [0.15, 0.2) is 24.3 Å². The van der Waals surface area contributed by atoms with Crippen molar-refractivity contribution >= 4 is 5.91 Å². The molecule has 30 heavy (non-hydrogen) atoms. The molecule has 3 aliphatic rings. The first kappa shape index (κ1) is 21.6. The predicted octanol–water partition coefficient (Wildman–Crippen LogP) is 3.80. The van der Waals surface area contributed by atoms with Crippen LogP contribution in [-0.4, -0.2) is 55.8 Å². The standard InChI is InChI=1S/C25H38N2O3/c1-2-29-18-19-8-7-15-27(16-19)17-21-10-3-5-11-22(21)26-25(28)24-14-13-20-9-4-6-12-23(20)30-24/h4,6,9,12,19,21-22,24H,2-3,5,7-8,10-11,13-18H2,1H3,(H,26,28)/t19-,21-,22+,24+/m1/s1. The van der Waals surface area contributed by atoms with Gasteiger partial charge in [-0.05, 0) is 75.5 Å². The lowest BCUT2D eigenvalue weighted by atomic mass is 9.83. The second-order valence-corrected chi connectivity index (χ2v) is 9.34. The van der Waals surface area contributed by atoms with E-state index in [0.29, 0.717) is 11.8 Å². The molecule has 1 saturated carbocycles. The Kier molecular flexibility index (Phi) is 7.67. The Morgan fingerprint density at radius 3 is 2.93 bits per heavy atom. The third kappa shape index (κ3) is 5.55. The van der Waals surface area contributed by atoms with Crippen molar-refractivity contribution in [2.45, 2.75) is 70.4 Å². The SMILES string of the molecule is CCOC[C@@H]1CCCN(C[C@H]2CCCC[C@@H]2NC(=O)[C@@H]2CCc3ccccc3O2)C1. The summed E-state index contributed by atoms with van der Waals surface area (Å²) >= 11 is 0. The fraction of sp³-hybridized carbons (Fsp3) is 0.720. The number of nitrogens with zero attached hydrogens (tertiary/aromatic N) is 1. The Labute approximate surface area is 181 Å². The van der Waals surface area contributed by atoms with Crippen LogP contribution in [0.2, 0.25) is 0 Å². The van der Waals surface area contributed by atoms with Crippen molar-refractivity contribution in [3.8, 4) is 5.75 Å². The second-order valence-electron chi connectivity index (χ2n) is 9.34. The lowest BCUT2D eigenvalue weighted by Gasteiger charge is -2.39. The second kappa shape index (κ2) is 10.6. The highest BCUT2D eigenvalue weighted by molar-refractivity contribution is 5.81. The molecular formula is C25H38N2O3. The number of carbonyl (C=O) groups excluding carboxylic acids is 1. The third-order valence-corrected chi connectivity index (χ3v) is 7.10. The van der Waals surface area contributed by atoms with E-state index >= 15 is 0 Å². The van der Waals surface area contributed by atoms with Crippen LogP contribution >= 0.6 is 0 Å². The van der Waals surface area contributed by atoms with Crippen molar-refractivity contribution in [2.24, 2.45) is 11.8 Å². The molecule has 1 saturated heterocycles. The van der Waals surface area contributed by atoms with Gasteiger partial charge in [0.05, 0.1) is 6.61 Å². The number of nitrogens with one attached hydrogen (secondary N) is 1. The van der Waals surface area contributed by atoms with Crippen molar-refractivity contribution in [1.29, 1.82) is 0 Å². The minimum absolute atomic E-state index is 0.0780. The molecule has 5 nitrogen and oxygen atoms in total. The van der Waals surface area contributed by atoms with E-state index in [1.807, 2.05) is 18.2 Å². The molecule has 1 aliphatic carbocycles. The van der Waals surface area contributed by atoms with Gasteiger partial charge in [0.1, 0.15) is 5.75 Å². The molecule has 4 atom stereocenters. The lowest BCUT2D eigenvalue weighted by molar-refractivity contribution is -0.130. The molecule has 0 spiro atoms. The first-order chi connectivity index (χ1) is 14.7. The number of carbonyl (C=O) groups is 1. The molecule has 4 rings (SSSR count). The highest BCUT2D eigenvalue weighted by Gasteiger charge is 2.33. The van der Waals surface area contributed by atoms with E-state index < -0.39 is 0 Å². The van der Waals surface area contributed by atoms with Gasteiger partial charge in [-0.15, -0.1) is 0 Å². The molecule has 0 unspecified atom stereocenters. The van der Waals surface area contributed by atoms with Gasteiger partial charge in [0.2, 0.25) is 0 Å². The molecule has 166 valence electrons. The summed E-state index contributed by atoms with van der Waals surface area (Å²) in [4.78, 5) is 15.6. The number of para-hydroxylation sites is 1. The smallest absolute Gasteiger partial charge is 0.261 e. The Morgan fingerprint density at radius 1 is 1.17 bits per heavy atom. The maximum atomic E-state index is 13.0. The molecular weight excluding hydrogens is 376 g/mol. The average molecular weight is 415 g/mol. The van der Waals surface area contributed by atoms with Gasteiger partial charge in [0.15, 0.2) is 6.10 Å². The monoisotopic (exact) mass is 414 g/mol. The van der Waals surface area contributed by atoms with Crippen LogP contribution in [0.5, 0.6) is 5.75 Å². The maximum Gasteiger partial charge on any atom is 0.261 e. The number of piperidine rings is 1. The van der Waals surface area contributed by atoms with Gasteiger partial charge in [-0.1, -0.05) is 31.0 Å². The molecule has 1 aromatic carbocycles. The van der Waals surface area contributed by atoms with Crippen LogP contribution in [-0.2, 0) is 16.0 Å². The van der Waals surface area contributed by atoms with Crippen molar-refractivity contribution < 1.29 is 14.3 Å². The van der Waals surface area contributed by atoms with Crippen LogP contribution in [0.3, 0.4) is 0 Å². The minimum atomic E-state index is -0.354. The molecule has 1 amide bonds. The van der Waals surface area contributed by atoms with Crippen molar-refractivity contribution in [3.63, 3.8) is 0 Å². The van der Waals surface area contributed by atoms with Gasteiger partial charge in [-0.3, -0.25) is 4.79 Å². The Balaban J connectivity index is 1.31. The lowest BCUT2D eigenvalue weighted by Crippen LogP contribution is -2.51. The number of ether oxygens (including phenoxy) is 2. The van der Waals surface area contributed by atoms with Crippen LogP contribution in [0.4, 0.5) is 0 Å². The Hall–Kier alpha value is -1.59. The number of amides is 1. The van der Waals surface area contributed by atoms with E-state index in [0.717, 1.165) is 51.3 Å². The molecule has 0 aromatic heterocycles. The van der Waals surface area contributed by atoms with E-state index in [-0.39, 0.29) is 18.1 Å². The van der Waals surface area contributed by atoms with Gasteiger partial charge in [0, 0.05) is 25.7 Å². The molecule has 0 bridgehead atoms. The Bertz CT molecular complexity index is 695. The number of benzene rings is 1. The van der Waals surface area contributed by atoms with Crippen LogP contribution in [0, 0.1) is 11.8 Å². The summed E-state index contributed by atoms with van der Waals surface area (Å²) in [7, 11) is 0. The van der Waals surface area contributed by atoms with Gasteiger partial charge in [0.25, 0.3) is 5.91 Å². The molecule has 0 radical (unpaired) electrons. The summed E-state index contributed by atoms with van der Waals surface area (Å²) in [5, 5.41) is 3.39. The molecule has 2 fully saturated rings. The number of rotatable bonds is 7. The number of hydrogen-bond acceptors (Lipinski definition) is 4. The zero-order chi connectivity index (χ0) is 20.8. The summed E-state index contributed by atoms with van der Waals surface area (Å²) in [6.45, 7) is 7.19. The van der Waals surface area contributed by atoms with Crippen LogP contribution in [0.25, 0.3) is 0 Å². The third-order valence-electron chi connectivity index (χ3n) is 7.10. The van der Waals surface area contributed by atoms with Crippen molar-refractivity contribution in [1.82, 2.24) is 10.2 Å². The molecule has 2 heterocycles. The predicted molar refractivity (Wildman–Crippen MR) is 119 cm³/mol. The van der Waals surface area contributed by atoms with Crippen molar-refractivity contribution in [2.75, 3.05) is 32.8 Å². The van der Waals surface area contributed by atoms with Gasteiger partial charge in [-0.25, -0.2) is 0 Å². The molecule has 1 aromatic rings. The van der Waals surface area contributed by atoms with E-state index in [2.05, 4.69) is 23.2 Å². The van der Waals surface area contributed by atoms with Crippen LogP contribution in [0.1, 0.15) is 57.4 Å². The summed E-state index contributed by atoms with van der Waals surface area (Å²) in [5.74, 6) is 2.16. The quantitative estimate of drug-likeness (QED) is 0.737. The topological polar surface area (TPSA) is 50.8 Å². The molecule has 5 heteroatoms. The summed E-state index contributed by atoms with van der Waals surface area (Å²) in [6, 6.07) is 8.37. The Morgan fingerprint density at radius 2 is 2.03 bits per heavy atom. The van der Waals surface area contributed by atoms with E-state index in [1.165, 1.54) is 44.2 Å².